The van der Waals surface area contributed by atoms with Gasteiger partial charge in [-0.05, 0) is 0 Å². The normalized spacial score (nSPS) is 16.6. The molecule has 0 spiro atoms. The molecular weight excluding hydrogens is 233 g/mol. The van der Waals surface area contributed by atoms with Crippen molar-refractivity contribution in [2.75, 3.05) is 20.1 Å². The van der Waals surface area contributed by atoms with Gasteiger partial charge in [0.15, 0.2) is 0 Å². The summed E-state index contributed by atoms with van der Waals surface area (Å²) in [7, 11) is 1.49. The quantitative estimate of drug-likeness (QED) is 0.543. The van der Waals surface area contributed by atoms with E-state index < -0.39 is 12.1 Å². The third-order valence-corrected chi connectivity index (χ3v) is 1.54. The Morgan fingerprint density at radius 3 is 1.81 bits per heavy atom. The SMILES string of the molecule is CN1C(=O)CNCC1=O.O=C(O)C(F)(F)F. The minimum absolute atomic E-state index is 0.161. The van der Waals surface area contributed by atoms with Gasteiger partial charge >= 0.3 is 12.1 Å². The highest BCUT2D eigenvalue weighted by Crippen LogP contribution is 2.13. The van der Waals surface area contributed by atoms with Gasteiger partial charge < -0.3 is 5.11 Å². The summed E-state index contributed by atoms with van der Waals surface area (Å²) in [5.41, 5.74) is 0. The van der Waals surface area contributed by atoms with Gasteiger partial charge in [0.25, 0.3) is 0 Å². The molecule has 2 N–H and O–H groups in total. The summed E-state index contributed by atoms with van der Waals surface area (Å²) in [5.74, 6) is -3.08. The number of nitrogens with one attached hydrogen (secondary N) is 1. The summed E-state index contributed by atoms with van der Waals surface area (Å²) in [6.07, 6.45) is -5.08. The number of carbonyl (C=O) groups excluding carboxylic acids is 2. The van der Waals surface area contributed by atoms with Gasteiger partial charge in [0.05, 0.1) is 13.1 Å². The average Bonchev–Trinajstić information content (AvgIpc) is 2.13. The molecule has 92 valence electrons. The van der Waals surface area contributed by atoms with Crippen LogP contribution in [0.4, 0.5) is 13.2 Å². The zero-order valence-electron chi connectivity index (χ0n) is 8.17. The van der Waals surface area contributed by atoms with Crippen molar-refractivity contribution in [1.29, 1.82) is 0 Å². The third-order valence-electron chi connectivity index (χ3n) is 1.54. The van der Waals surface area contributed by atoms with Gasteiger partial charge in [-0.15, -0.1) is 0 Å². The zero-order valence-corrected chi connectivity index (χ0v) is 8.17. The smallest absolute Gasteiger partial charge is 0.475 e. The highest BCUT2D eigenvalue weighted by Gasteiger charge is 2.38. The molecule has 0 aromatic heterocycles. The lowest BCUT2D eigenvalue weighted by atomic mass is 10.4. The summed E-state index contributed by atoms with van der Waals surface area (Å²) in [6.45, 7) is 0.560. The maximum atomic E-state index is 10.6. The molecule has 0 atom stereocenters. The molecular formula is C7H9F3N2O4. The average molecular weight is 242 g/mol. The first-order chi connectivity index (χ1) is 7.16. The number of aliphatic carboxylic acids is 1. The summed E-state index contributed by atoms with van der Waals surface area (Å²) >= 11 is 0. The molecule has 1 aliphatic heterocycles. The van der Waals surface area contributed by atoms with E-state index in [0.717, 1.165) is 4.90 Å². The maximum absolute atomic E-state index is 10.6. The first-order valence-electron chi connectivity index (χ1n) is 3.96. The van der Waals surface area contributed by atoms with Gasteiger partial charge in [0.1, 0.15) is 0 Å². The predicted molar refractivity (Wildman–Crippen MR) is 44.3 cm³/mol. The zero-order chi connectivity index (χ0) is 12.9. The van der Waals surface area contributed by atoms with E-state index in [-0.39, 0.29) is 24.9 Å². The van der Waals surface area contributed by atoms with Crippen molar-refractivity contribution in [3.8, 4) is 0 Å². The number of rotatable bonds is 0. The lowest BCUT2D eigenvalue weighted by Gasteiger charge is -2.20. The number of carboxylic acid groups (broad SMARTS) is 1. The molecule has 1 aliphatic rings. The Balaban J connectivity index is 0.000000293. The van der Waals surface area contributed by atoms with E-state index >= 15 is 0 Å². The molecule has 16 heavy (non-hydrogen) atoms. The minimum atomic E-state index is -5.08. The van der Waals surface area contributed by atoms with E-state index in [0.29, 0.717) is 0 Å². The number of hydrogen-bond donors (Lipinski definition) is 2. The third kappa shape index (κ3) is 4.73. The Morgan fingerprint density at radius 2 is 1.62 bits per heavy atom. The van der Waals surface area contributed by atoms with Crippen LogP contribution in [0.2, 0.25) is 0 Å². The molecule has 0 bridgehead atoms. The minimum Gasteiger partial charge on any atom is -0.475 e. The Bertz CT molecular complexity index is 286. The second kappa shape index (κ2) is 5.45. The van der Waals surface area contributed by atoms with Crippen LogP contribution in [0.1, 0.15) is 0 Å². The fraction of sp³-hybridized carbons (Fsp3) is 0.571. The standard InChI is InChI=1S/C5H8N2O2.C2HF3O2/c1-7-4(8)2-6-3-5(7)9;3-2(4,5)1(6)7/h6H,2-3H2,1H3;(H,6,7). The van der Waals surface area contributed by atoms with Crippen molar-refractivity contribution >= 4 is 17.8 Å². The molecule has 1 fully saturated rings. The Hall–Kier alpha value is -1.64. The molecule has 0 aliphatic carbocycles. The maximum Gasteiger partial charge on any atom is 0.490 e. The number of alkyl halides is 3. The Kier molecular flexibility index (Phi) is 4.89. The monoisotopic (exact) mass is 242 g/mol. The summed E-state index contributed by atoms with van der Waals surface area (Å²) in [4.78, 5) is 31.3. The van der Waals surface area contributed by atoms with Crippen LogP contribution in [-0.4, -0.2) is 54.1 Å². The van der Waals surface area contributed by atoms with Crippen LogP contribution in [-0.2, 0) is 14.4 Å². The Morgan fingerprint density at radius 1 is 1.31 bits per heavy atom. The fourth-order valence-corrected chi connectivity index (χ4v) is 0.653. The lowest BCUT2D eigenvalue weighted by Crippen LogP contribution is -2.49. The molecule has 1 heterocycles. The number of carboxylic acids is 1. The number of amides is 2. The Labute approximate surface area is 88.0 Å². The number of hydrogen-bond acceptors (Lipinski definition) is 4. The van der Waals surface area contributed by atoms with E-state index in [9.17, 15) is 22.8 Å². The van der Waals surface area contributed by atoms with Crippen molar-refractivity contribution in [3.05, 3.63) is 0 Å². The predicted octanol–water partition coefficient (Wildman–Crippen LogP) is -0.792. The van der Waals surface area contributed by atoms with Crippen LogP contribution >= 0.6 is 0 Å². The molecule has 0 aromatic rings. The van der Waals surface area contributed by atoms with Crippen LogP contribution in [0.3, 0.4) is 0 Å². The highest BCUT2D eigenvalue weighted by molar-refractivity contribution is 5.99. The van der Waals surface area contributed by atoms with Gasteiger partial charge in [-0.25, -0.2) is 4.79 Å². The number of piperazine rings is 1. The number of halogens is 3. The van der Waals surface area contributed by atoms with E-state index in [2.05, 4.69) is 5.32 Å². The molecule has 0 aromatic carbocycles. The molecule has 1 rings (SSSR count). The van der Waals surface area contributed by atoms with Gasteiger partial charge in [-0.2, -0.15) is 13.2 Å². The molecule has 6 nitrogen and oxygen atoms in total. The van der Waals surface area contributed by atoms with E-state index in [4.69, 9.17) is 9.90 Å². The summed E-state index contributed by atoms with van der Waals surface area (Å²) < 4.78 is 31.7. The van der Waals surface area contributed by atoms with Crippen LogP contribution in [0.25, 0.3) is 0 Å². The largest absolute Gasteiger partial charge is 0.490 e. The molecule has 0 saturated carbocycles. The summed E-state index contributed by atoms with van der Waals surface area (Å²) in [6, 6.07) is 0. The first-order valence-corrected chi connectivity index (χ1v) is 3.96. The lowest BCUT2D eigenvalue weighted by molar-refractivity contribution is -0.192. The molecule has 2 amide bonds. The van der Waals surface area contributed by atoms with Crippen LogP contribution < -0.4 is 5.32 Å². The number of nitrogens with zero attached hydrogens (tertiary/aromatic N) is 1. The molecule has 1 saturated heterocycles. The molecule has 0 unspecified atom stereocenters. The second-order valence-corrected chi connectivity index (χ2v) is 2.75. The van der Waals surface area contributed by atoms with E-state index in [1.54, 1.807) is 0 Å². The second-order valence-electron chi connectivity index (χ2n) is 2.75. The van der Waals surface area contributed by atoms with Crippen LogP contribution in [0, 0.1) is 0 Å². The molecule has 0 radical (unpaired) electrons. The van der Waals surface area contributed by atoms with Crippen molar-refractivity contribution in [2.24, 2.45) is 0 Å². The number of likely N-dealkylation sites (N-methyl/N-ethyl adjacent to an activating group) is 1. The van der Waals surface area contributed by atoms with Crippen LogP contribution in [0.15, 0.2) is 0 Å². The van der Waals surface area contributed by atoms with E-state index in [1.165, 1.54) is 7.05 Å². The summed E-state index contributed by atoms with van der Waals surface area (Å²) in [5, 5.41) is 9.80. The first kappa shape index (κ1) is 14.4. The van der Waals surface area contributed by atoms with Crippen molar-refractivity contribution in [2.45, 2.75) is 6.18 Å². The number of carbonyl (C=O) groups is 3. The number of imide groups is 1. The van der Waals surface area contributed by atoms with Gasteiger partial charge in [0.2, 0.25) is 11.8 Å². The van der Waals surface area contributed by atoms with E-state index in [1.807, 2.05) is 0 Å². The topological polar surface area (TPSA) is 86.7 Å². The van der Waals surface area contributed by atoms with Gasteiger partial charge in [-0.1, -0.05) is 0 Å². The highest BCUT2D eigenvalue weighted by atomic mass is 19.4. The van der Waals surface area contributed by atoms with Gasteiger partial charge in [-0.3, -0.25) is 19.8 Å². The fourth-order valence-electron chi connectivity index (χ4n) is 0.653. The molecule has 9 heteroatoms. The van der Waals surface area contributed by atoms with Crippen LogP contribution in [0.5, 0.6) is 0 Å². The van der Waals surface area contributed by atoms with Crippen molar-refractivity contribution in [3.63, 3.8) is 0 Å². The van der Waals surface area contributed by atoms with Crippen molar-refractivity contribution < 1.29 is 32.7 Å². The van der Waals surface area contributed by atoms with Crippen molar-refractivity contribution in [1.82, 2.24) is 10.2 Å². The van der Waals surface area contributed by atoms with Gasteiger partial charge in [0, 0.05) is 7.05 Å².